The van der Waals surface area contributed by atoms with E-state index in [0.29, 0.717) is 12.1 Å². The van der Waals surface area contributed by atoms with Gasteiger partial charge in [-0.1, -0.05) is 13.8 Å². The van der Waals surface area contributed by atoms with Crippen LogP contribution in [0, 0.1) is 5.92 Å². The zero-order chi connectivity index (χ0) is 12.3. The summed E-state index contributed by atoms with van der Waals surface area (Å²) in [6, 6.07) is 3.58. The molecule has 3 heteroatoms. The van der Waals surface area contributed by atoms with E-state index in [2.05, 4.69) is 47.8 Å². The summed E-state index contributed by atoms with van der Waals surface area (Å²) in [7, 11) is 0. The summed E-state index contributed by atoms with van der Waals surface area (Å²) in [4.78, 5) is 2.66. The molecule has 96 valence electrons. The molecule has 0 bridgehead atoms. The molecular weight excluding hydrogens is 228 g/mol. The van der Waals surface area contributed by atoms with E-state index < -0.39 is 0 Å². The number of nitrogens with zero attached hydrogens (tertiary/aromatic N) is 1. The maximum absolute atomic E-state index is 3.61. The van der Waals surface area contributed by atoms with Crippen molar-refractivity contribution in [3.05, 3.63) is 22.4 Å². The lowest BCUT2D eigenvalue weighted by Crippen LogP contribution is -2.55. The van der Waals surface area contributed by atoms with Gasteiger partial charge in [0.25, 0.3) is 0 Å². The van der Waals surface area contributed by atoms with E-state index >= 15 is 0 Å². The van der Waals surface area contributed by atoms with Gasteiger partial charge in [-0.05, 0) is 41.7 Å². The lowest BCUT2D eigenvalue weighted by atomic mass is 9.99. The molecule has 17 heavy (non-hydrogen) atoms. The third-order valence-corrected chi connectivity index (χ3v) is 4.17. The van der Waals surface area contributed by atoms with Crippen LogP contribution in [0.1, 0.15) is 32.8 Å². The highest BCUT2D eigenvalue weighted by Crippen LogP contribution is 2.19. The first-order valence-corrected chi connectivity index (χ1v) is 7.58. The van der Waals surface area contributed by atoms with Gasteiger partial charge in [0, 0.05) is 31.7 Å². The highest BCUT2D eigenvalue weighted by Gasteiger charge is 2.26. The average Bonchev–Trinajstić information content (AvgIpc) is 2.74. The number of thiophene rings is 1. The third kappa shape index (κ3) is 3.80. The number of nitrogens with one attached hydrogen (secondary N) is 1. The van der Waals surface area contributed by atoms with Crippen molar-refractivity contribution in [3.63, 3.8) is 0 Å². The number of hydrogen-bond acceptors (Lipinski definition) is 3. The average molecular weight is 252 g/mol. The van der Waals surface area contributed by atoms with Gasteiger partial charge < -0.3 is 5.32 Å². The van der Waals surface area contributed by atoms with E-state index in [0.717, 1.165) is 19.0 Å². The number of piperazine rings is 1. The molecule has 1 aromatic rings. The van der Waals surface area contributed by atoms with Crippen LogP contribution < -0.4 is 5.32 Å². The molecule has 1 N–H and O–H groups in total. The predicted octanol–water partition coefficient (Wildman–Crippen LogP) is 2.96. The second-order valence-corrected chi connectivity index (χ2v) is 6.43. The van der Waals surface area contributed by atoms with Gasteiger partial charge in [-0.3, -0.25) is 4.90 Å². The van der Waals surface area contributed by atoms with Crippen LogP contribution in [0.15, 0.2) is 16.8 Å². The lowest BCUT2D eigenvalue weighted by molar-refractivity contribution is 0.111. The lowest BCUT2D eigenvalue weighted by Gasteiger charge is -2.40. The van der Waals surface area contributed by atoms with Crippen molar-refractivity contribution < 1.29 is 0 Å². The molecule has 0 aliphatic carbocycles. The van der Waals surface area contributed by atoms with Crippen molar-refractivity contribution in [2.45, 2.75) is 45.8 Å². The maximum atomic E-state index is 3.61. The van der Waals surface area contributed by atoms with Crippen LogP contribution in [-0.4, -0.2) is 30.1 Å². The molecule has 1 aliphatic rings. The second kappa shape index (κ2) is 5.98. The first-order chi connectivity index (χ1) is 8.15. The summed E-state index contributed by atoms with van der Waals surface area (Å²) in [5.74, 6) is 0.778. The van der Waals surface area contributed by atoms with Crippen molar-refractivity contribution in [2.75, 3.05) is 13.1 Å². The van der Waals surface area contributed by atoms with Gasteiger partial charge in [0.1, 0.15) is 0 Å². The van der Waals surface area contributed by atoms with Crippen molar-refractivity contribution in [3.8, 4) is 0 Å². The Kier molecular flexibility index (Phi) is 4.60. The standard InChI is InChI=1S/C14H24N2S/c1-11(2)6-14-7-15-12(3)8-16(14)9-13-4-5-17-10-13/h4-5,10-12,14-15H,6-9H2,1-3H3. The smallest absolute Gasteiger partial charge is 0.0246 e. The zero-order valence-corrected chi connectivity index (χ0v) is 12.0. The summed E-state index contributed by atoms with van der Waals surface area (Å²) in [6.07, 6.45) is 1.30. The number of hydrogen-bond donors (Lipinski definition) is 1. The van der Waals surface area contributed by atoms with E-state index in [1.54, 1.807) is 11.3 Å². The highest BCUT2D eigenvalue weighted by atomic mass is 32.1. The Morgan fingerprint density at radius 1 is 1.53 bits per heavy atom. The fourth-order valence-corrected chi connectivity index (χ4v) is 3.28. The summed E-state index contributed by atoms with van der Waals surface area (Å²) in [5.41, 5.74) is 1.47. The molecule has 0 saturated carbocycles. The molecule has 0 amide bonds. The molecule has 1 fully saturated rings. The zero-order valence-electron chi connectivity index (χ0n) is 11.1. The Morgan fingerprint density at radius 2 is 2.35 bits per heavy atom. The van der Waals surface area contributed by atoms with Crippen LogP contribution in [0.2, 0.25) is 0 Å². The molecule has 1 aliphatic heterocycles. The summed E-state index contributed by atoms with van der Waals surface area (Å²) >= 11 is 1.80. The molecule has 1 aromatic heterocycles. The van der Waals surface area contributed by atoms with Crippen LogP contribution >= 0.6 is 11.3 Å². The minimum Gasteiger partial charge on any atom is -0.311 e. The Labute approximate surface area is 109 Å². The topological polar surface area (TPSA) is 15.3 Å². The van der Waals surface area contributed by atoms with E-state index in [1.807, 2.05) is 0 Å². The van der Waals surface area contributed by atoms with Gasteiger partial charge in [-0.15, -0.1) is 0 Å². The Morgan fingerprint density at radius 3 is 3.00 bits per heavy atom. The summed E-state index contributed by atoms with van der Waals surface area (Å²) in [6.45, 7) is 10.4. The molecule has 1 saturated heterocycles. The first kappa shape index (κ1) is 13.1. The molecular formula is C14H24N2S. The molecule has 2 heterocycles. The van der Waals surface area contributed by atoms with Crippen LogP contribution in [0.25, 0.3) is 0 Å². The summed E-state index contributed by atoms with van der Waals surface area (Å²) in [5, 5.41) is 8.06. The molecule has 2 unspecified atom stereocenters. The van der Waals surface area contributed by atoms with Gasteiger partial charge >= 0.3 is 0 Å². The Balaban J connectivity index is 1.98. The van der Waals surface area contributed by atoms with E-state index in [9.17, 15) is 0 Å². The van der Waals surface area contributed by atoms with Gasteiger partial charge in [-0.2, -0.15) is 11.3 Å². The van der Waals surface area contributed by atoms with Crippen molar-refractivity contribution in [1.82, 2.24) is 10.2 Å². The SMILES string of the molecule is CC(C)CC1CNC(C)CN1Cc1ccsc1. The quantitative estimate of drug-likeness (QED) is 0.886. The van der Waals surface area contributed by atoms with Crippen LogP contribution in [0.4, 0.5) is 0 Å². The van der Waals surface area contributed by atoms with E-state index in [4.69, 9.17) is 0 Å². The molecule has 0 aromatic carbocycles. The fraction of sp³-hybridized carbons (Fsp3) is 0.714. The predicted molar refractivity (Wildman–Crippen MR) is 75.4 cm³/mol. The molecule has 0 radical (unpaired) electrons. The van der Waals surface area contributed by atoms with Crippen LogP contribution in [0.3, 0.4) is 0 Å². The Hall–Kier alpha value is -0.380. The van der Waals surface area contributed by atoms with Crippen molar-refractivity contribution in [1.29, 1.82) is 0 Å². The normalized spacial score (nSPS) is 26.6. The molecule has 2 rings (SSSR count). The van der Waals surface area contributed by atoms with E-state index in [1.165, 1.54) is 18.5 Å². The van der Waals surface area contributed by atoms with Crippen molar-refractivity contribution in [2.24, 2.45) is 5.92 Å². The highest BCUT2D eigenvalue weighted by molar-refractivity contribution is 7.07. The van der Waals surface area contributed by atoms with Crippen molar-refractivity contribution >= 4 is 11.3 Å². The van der Waals surface area contributed by atoms with Gasteiger partial charge in [0.05, 0.1) is 0 Å². The molecule has 2 atom stereocenters. The largest absolute Gasteiger partial charge is 0.311 e. The van der Waals surface area contributed by atoms with Crippen LogP contribution in [-0.2, 0) is 6.54 Å². The summed E-state index contributed by atoms with van der Waals surface area (Å²) < 4.78 is 0. The fourth-order valence-electron chi connectivity index (χ4n) is 2.62. The molecule has 2 nitrogen and oxygen atoms in total. The monoisotopic (exact) mass is 252 g/mol. The van der Waals surface area contributed by atoms with E-state index in [-0.39, 0.29) is 0 Å². The maximum Gasteiger partial charge on any atom is 0.0246 e. The first-order valence-electron chi connectivity index (χ1n) is 6.63. The van der Waals surface area contributed by atoms with Gasteiger partial charge in [0.2, 0.25) is 0 Å². The van der Waals surface area contributed by atoms with Gasteiger partial charge in [-0.25, -0.2) is 0 Å². The number of rotatable bonds is 4. The van der Waals surface area contributed by atoms with Gasteiger partial charge in [0.15, 0.2) is 0 Å². The third-order valence-electron chi connectivity index (χ3n) is 3.44. The Bertz CT molecular complexity index is 321. The second-order valence-electron chi connectivity index (χ2n) is 5.65. The minimum absolute atomic E-state index is 0.622. The van der Waals surface area contributed by atoms with Crippen LogP contribution in [0.5, 0.6) is 0 Å². The molecule has 0 spiro atoms. The minimum atomic E-state index is 0.622.